The summed E-state index contributed by atoms with van der Waals surface area (Å²) < 4.78 is 5.26. The molecule has 1 aliphatic rings. The second kappa shape index (κ2) is 6.70. The van der Waals surface area contributed by atoms with Crippen molar-refractivity contribution in [3.05, 3.63) is 59.3 Å². The Morgan fingerprint density at radius 1 is 1.29 bits per heavy atom. The number of carbonyl (C=O) groups excluding carboxylic acids is 2. The molecule has 0 radical (unpaired) electrons. The Bertz CT molecular complexity index is 774. The zero-order valence-corrected chi connectivity index (χ0v) is 13.7. The summed E-state index contributed by atoms with van der Waals surface area (Å²) in [5.74, 6) is 0.0440. The van der Waals surface area contributed by atoms with Crippen molar-refractivity contribution in [1.82, 2.24) is 10.3 Å². The molecule has 2 aromatic rings. The third-order valence-electron chi connectivity index (χ3n) is 3.93. The highest BCUT2D eigenvalue weighted by Gasteiger charge is 2.30. The van der Waals surface area contributed by atoms with Crippen molar-refractivity contribution in [2.45, 2.75) is 19.1 Å². The fourth-order valence-electron chi connectivity index (χ4n) is 2.74. The first kappa shape index (κ1) is 16.0. The minimum absolute atomic E-state index is 0.300. The highest BCUT2D eigenvalue weighted by Crippen LogP contribution is 2.21. The molecule has 1 unspecified atom stereocenters. The molecule has 1 aromatic heterocycles. The van der Waals surface area contributed by atoms with Crippen LogP contribution in [-0.2, 0) is 22.5 Å². The van der Waals surface area contributed by atoms with Crippen molar-refractivity contribution in [3.63, 3.8) is 0 Å². The van der Waals surface area contributed by atoms with Gasteiger partial charge in [-0.2, -0.15) is 0 Å². The summed E-state index contributed by atoms with van der Waals surface area (Å²) in [7, 11) is 3.79. The number of hydrogen-bond acceptors (Lipinski definition) is 5. The van der Waals surface area contributed by atoms with E-state index >= 15 is 0 Å². The summed E-state index contributed by atoms with van der Waals surface area (Å²) in [6, 6.07) is 10.9. The van der Waals surface area contributed by atoms with E-state index < -0.39 is 12.1 Å². The van der Waals surface area contributed by atoms with Crippen molar-refractivity contribution in [2.75, 3.05) is 19.0 Å². The maximum atomic E-state index is 12.4. The van der Waals surface area contributed by atoms with Gasteiger partial charge in [-0.3, -0.25) is 4.79 Å². The molecule has 24 heavy (non-hydrogen) atoms. The van der Waals surface area contributed by atoms with Crippen LogP contribution in [0.4, 0.5) is 5.82 Å². The molecule has 2 heterocycles. The highest BCUT2D eigenvalue weighted by molar-refractivity contribution is 5.95. The van der Waals surface area contributed by atoms with Crippen LogP contribution in [0.5, 0.6) is 0 Å². The number of benzene rings is 1. The number of ether oxygens (including phenoxy) is 1. The van der Waals surface area contributed by atoms with Crippen LogP contribution in [0.1, 0.15) is 21.5 Å². The lowest BCUT2D eigenvalue weighted by Crippen LogP contribution is -2.41. The maximum Gasteiger partial charge on any atom is 0.339 e. The molecule has 0 fully saturated rings. The van der Waals surface area contributed by atoms with E-state index in [2.05, 4.69) is 10.3 Å². The normalized spacial score (nSPS) is 16.1. The topological polar surface area (TPSA) is 71.5 Å². The van der Waals surface area contributed by atoms with Gasteiger partial charge < -0.3 is 15.0 Å². The van der Waals surface area contributed by atoms with E-state index in [0.29, 0.717) is 18.5 Å². The van der Waals surface area contributed by atoms with Crippen LogP contribution < -0.4 is 10.2 Å². The van der Waals surface area contributed by atoms with Crippen molar-refractivity contribution in [2.24, 2.45) is 0 Å². The number of nitrogens with one attached hydrogen (secondary N) is 1. The predicted molar refractivity (Wildman–Crippen MR) is 89.8 cm³/mol. The van der Waals surface area contributed by atoms with E-state index in [9.17, 15) is 9.59 Å². The van der Waals surface area contributed by atoms with Crippen molar-refractivity contribution >= 4 is 17.7 Å². The monoisotopic (exact) mass is 325 g/mol. The van der Waals surface area contributed by atoms with Gasteiger partial charge >= 0.3 is 5.97 Å². The summed E-state index contributed by atoms with van der Waals surface area (Å²) in [4.78, 5) is 30.6. The molecule has 6 heteroatoms. The molecule has 1 atom stereocenters. The Balaban J connectivity index is 1.68. The van der Waals surface area contributed by atoms with E-state index in [0.717, 1.165) is 16.9 Å². The molecular weight excluding hydrogens is 306 g/mol. The second-order valence-electron chi connectivity index (χ2n) is 5.85. The van der Waals surface area contributed by atoms with Crippen LogP contribution in [0.2, 0.25) is 0 Å². The molecule has 3 rings (SSSR count). The largest absolute Gasteiger partial charge is 0.448 e. The first-order valence-electron chi connectivity index (χ1n) is 7.74. The maximum absolute atomic E-state index is 12.4. The van der Waals surface area contributed by atoms with Crippen LogP contribution in [0.3, 0.4) is 0 Å². The van der Waals surface area contributed by atoms with Gasteiger partial charge in [-0.15, -0.1) is 0 Å². The van der Waals surface area contributed by atoms with Crippen molar-refractivity contribution in [1.29, 1.82) is 0 Å². The molecule has 6 nitrogen and oxygen atoms in total. The van der Waals surface area contributed by atoms with E-state index in [4.69, 9.17) is 4.74 Å². The zero-order valence-electron chi connectivity index (χ0n) is 13.7. The molecule has 124 valence electrons. The molecule has 0 aliphatic carbocycles. The van der Waals surface area contributed by atoms with Gasteiger partial charge in [0.05, 0.1) is 5.56 Å². The highest BCUT2D eigenvalue weighted by atomic mass is 16.5. The third kappa shape index (κ3) is 3.22. The number of carbonyl (C=O) groups is 2. The Kier molecular flexibility index (Phi) is 4.46. The summed E-state index contributed by atoms with van der Waals surface area (Å²) >= 11 is 0. The van der Waals surface area contributed by atoms with Gasteiger partial charge in [-0.1, -0.05) is 24.3 Å². The summed E-state index contributed by atoms with van der Waals surface area (Å²) in [6.07, 6.45) is 1.30. The summed E-state index contributed by atoms with van der Waals surface area (Å²) in [5, 5.41) is 2.83. The van der Waals surface area contributed by atoms with Crippen LogP contribution >= 0.6 is 0 Å². The number of anilines is 1. The Morgan fingerprint density at radius 3 is 2.88 bits per heavy atom. The van der Waals surface area contributed by atoms with Crippen LogP contribution in [0.25, 0.3) is 0 Å². The van der Waals surface area contributed by atoms with Gasteiger partial charge in [0.1, 0.15) is 5.82 Å². The van der Waals surface area contributed by atoms with Gasteiger partial charge in [0.25, 0.3) is 5.91 Å². The lowest BCUT2D eigenvalue weighted by molar-refractivity contribution is -0.130. The number of hydrogen-bond donors (Lipinski definition) is 1. The Morgan fingerprint density at radius 2 is 2.08 bits per heavy atom. The lowest BCUT2D eigenvalue weighted by Gasteiger charge is -2.24. The smallest absolute Gasteiger partial charge is 0.339 e. The fourth-order valence-corrected chi connectivity index (χ4v) is 2.74. The molecule has 0 saturated heterocycles. The standard InChI is InChI=1S/C18H19N3O3/c1-21(2)16-13(7-5-9-19-16)11-20-17(22)15-10-12-6-3-4-8-14(12)18(23)24-15/h3-9,15H,10-11H2,1-2H3,(H,20,22). The van der Waals surface area contributed by atoms with E-state index in [1.165, 1.54) is 0 Å². The van der Waals surface area contributed by atoms with E-state index in [-0.39, 0.29) is 5.91 Å². The zero-order chi connectivity index (χ0) is 17.1. The molecule has 1 aliphatic heterocycles. The number of rotatable bonds is 4. The van der Waals surface area contributed by atoms with Crippen LogP contribution in [0.15, 0.2) is 42.6 Å². The molecule has 1 amide bonds. The Labute approximate surface area is 140 Å². The first-order chi connectivity index (χ1) is 11.6. The molecule has 0 saturated carbocycles. The third-order valence-corrected chi connectivity index (χ3v) is 3.93. The van der Waals surface area contributed by atoms with Crippen molar-refractivity contribution < 1.29 is 14.3 Å². The van der Waals surface area contributed by atoms with Gasteiger partial charge in [0.15, 0.2) is 6.10 Å². The van der Waals surface area contributed by atoms with Crippen LogP contribution in [0, 0.1) is 0 Å². The van der Waals surface area contributed by atoms with Gasteiger partial charge in [0, 0.05) is 38.8 Å². The number of esters is 1. The minimum atomic E-state index is -0.799. The fraction of sp³-hybridized carbons (Fsp3) is 0.278. The van der Waals surface area contributed by atoms with Crippen LogP contribution in [-0.4, -0.2) is 37.1 Å². The number of nitrogens with zero attached hydrogens (tertiary/aromatic N) is 2. The predicted octanol–water partition coefficient (Wildman–Crippen LogP) is 1.55. The second-order valence-corrected chi connectivity index (χ2v) is 5.85. The van der Waals surface area contributed by atoms with Gasteiger partial charge in [-0.25, -0.2) is 9.78 Å². The van der Waals surface area contributed by atoms with E-state index in [1.807, 2.05) is 43.3 Å². The quantitative estimate of drug-likeness (QED) is 0.864. The van der Waals surface area contributed by atoms with Gasteiger partial charge in [0.2, 0.25) is 0 Å². The summed E-state index contributed by atoms with van der Waals surface area (Å²) in [5.41, 5.74) is 2.27. The number of fused-ring (bicyclic) bond motifs is 1. The molecule has 1 aromatic carbocycles. The SMILES string of the molecule is CN(C)c1ncccc1CNC(=O)C1Cc2ccccc2C(=O)O1. The van der Waals surface area contributed by atoms with E-state index in [1.54, 1.807) is 18.3 Å². The number of amides is 1. The number of cyclic esters (lactones) is 1. The van der Waals surface area contributed by atoms with Gasteiger partial charge in [-0.05, 0) is 17.7 Å². The minimum Gasteiger partial charge on any atom is -0.448 e. The molecule has 0 spiro atoms. The summed E-state index contributed by atoms with van der Waals surface area (Å²) in [6.45, 7) is 0.329. The lowest BCUT2D eigenvalue weighted by atomic mass is 9.98. The Hall–Kier alpha value is -2.89. The van der Waals surface area contributed by atoms with Crippen molar-refractivity contribution in [3.8, 4) is 0 Å². The molecular formula is C18H19N3O3. The molecule has 1 N–H and O–H groups in total. The average Bonchev–Trinajstić information content (AvgIpc) is 2.59. The number of aromatic nitrogens is 1. The average molecular weight is 325 g/mol. The first-order valence-corrected chi connectivity index (χ1v) is 7.74. The molecule has 0 bridgehead atoms. The number of pyridine rings is 1.